The van der Waals surface area contributed by atoms with Gasteiger partial charge >= 0.3 is 51.4 Å². The molecule has 1 aliphatic rings. The van der Waals surface area contributed by atoms with Crippen molar-refractivity contribution in [2.75, 3.05) is 0 Å². The summed E-state index contributed by atoms with van der Waals surface area (Å²) < 4.78 is 0. The standard InChI is InChI=1S/C25H18O2.K.H/c26-19-13-9-17(10-14-19)25(18-11-15-20(27)16-12-18)23-7-3-1-5-21(23)22-6-2-4-8-24(22)25;;/h1-16,26-27H;;. The van der Waals surface area contributed by atoms with Crippen LogP contribution in [0.15, 0.2) is 97.1 Å². The van der Waals surface area contributed by atoms with Gasteiger partial charge in [0.2, 0.25) is 0 Å². The zero-order valence-electron chi connectivity index (χ0n) is 14.6. The van der Waals surface area contributed by atoms with Gasteiger partial charge in [-0.2, -0.15) is 0 Å². The Balaban J connectivity index is 0.00000192. The molecule has 0 aromatic heterocycles. The Kier molecular flexibility index (Phi) is 5.21. The molecule has 3 heteroatoms. The molecule has 132 valence electrons. The van der Waals surface area contributed by atoms with Gasteiger partial charge in [0.15, 0.2) is 0 Å². The first-order valence-electron chi connectivity index (χ1n) is 8.99. The number of phenolic OH excluding ortho intramolecular Hbond substituents is 2. The number of fused-ring (bicyclic) bond motifs is 3. The Hall–Kier alpha value is -1.88. The van der Waals surface area contributed by atoms with E-state index in [1.165, 1.54) is 22.3 Å². The summed E-state index contributed by atoms with van der Waals surface area (Å²) in [5, 5.41) is 19.7. The summed E-state index contributed by atoms with van der Waals surface area (Å²) in [5.74, 6) is 0.498. The first-order chi connectivity index (χ1) is 13.2. The Morgan fingerprint density at radius 1 is 0.464 bits per heavy atom. The molecule has 0 amide bonds. The summed E-state index contributed by atoms with van der Waals surface area (Å²) in [6, 6.07) is 31.9. The molecular weight excluding hydrogens is 371 g/mol. The first kappa shape index (κ1) is 19.4. The Bertz CT molecular complexity index is 1040. The maximum absolute atomic E-state index is 9.85. The van der Waals surface area contributed by atoms with Crippen molar-refractivity contribution in [3.63, 3.8) is 0 Å². The van der Waals surface area contributed by atoms with Crippen molar-refractivity contribution in [1.82, 2.24) is 0 Å². The molecule has 0 saturated heterocycles. The van der Waals surface area contributed by atoms with Crippen molar-refractivity contribution in [2.45, 2.75) is 5.41 Å². The first-order valence-corrected chi connectivity index (χ1v) is 8.99. The molecule has 0 fully saturated rings. The second-order valence-electron chi connectivity index (χ2n) is 6.93. The van der Waals surface area contributed by atoms with E-state index in [9.17, 15) is 10.2 Å². The molecule has 2 N–H and O–H groups in total. The minimum absolute atomic E-state index is 0. The maximum atomic E-state index is 9.85. The molecule has 1 aliphatic carbocycles. The molecule has 0 bridgehead atoms. The molecular formula is C25H19KO2. The van der Waals surface area contributed by atoms with Crippen LogP contribution < -0.4 is 0 Å². The molecule has 0 atom stereocenters. The molecule has 0 saturated carbocycles. The Morgan fingerprint density at radius 2 is 0.821 bits per heavy atom. The molecule has 4 aromatic carbocycles. The van der Waals surface area contributed by atoms with Gasteiger partial charge in [-0.15, -0.1) is 0 Å². The third kappa shape index (κ3) is 2.78. The van der Waals surface area contributed by atoms with E-state index < -0.39 is 5.41 Å². The number of benzene rings is 4. The molecule has 0 aliphatic heterocycles. The number of aromatic hydroxyl groups is 2. The number of phenols is 2. The summed E-state index contributed by atoms with van der Waals surface area (Å²) >= 11 is 0. The number of rotatable bonds is 2. The van der Waals surface area contributed by atoms with Crippen molar-refractivity contribution < 1.29 is 10.2 Å². The van der Waals surface area contributed by atoms with Crippen molar-refractivity contribution in [3.05, 3.63) is 119 Å². The average Bonchev–Trinajstić information content (AvgIpc) is 3.01. The van der Waals surface area contributed by atoms with Crippen molar-refractivity contribution >= 4 is 51.4 Å². The van der Waals surface area contributed by atoms with Gasteiger partial charge in [0.05, 0.1) is 5.41 Å². The van der Waals surface area contributed by atoms with Crippen molar-refractivity contribution in [2.24, 2.45) is 0 Å². The molecule has 0 radical (unpaired) electrons. The summed E-state index contributed by atoms with van der Waals surface area (Å²) in [6.45, 7) is 0. The van der Waals surface area contributed by atoms with Crippen LogP contribution >= 0.6 is 0 Å². The quantitative estimate of drug-likeness (QED) is 0.425. The zero-order valence-corrected chi connectivity index (χ0v) is 14.6. The van der Waals surface area contributed by atoms with E-state index in [-0.39, 0.29) is 62.9 Å². The van der Waals surface area contributed by atoms with Gasteiger partial charge in [-0.05, 0) is 57.6 Å². The van der Waals surface area contributed by atoms with Crippen LogP contribution in [0.1, 0.15) is 22.3 Å². The fourth-order valence-electron chi connectivity index (χ4n) is 4.45. The zero-order chi connectivity index (χ0) is 18.4. The second kappa shape index (κ2) is 7.51. The normalized spacial score (nSPS) is 13.3. The molecule has 0 unspecified atom stereocenters. The van der Waals surface area contributed by atoms with E-state index in [0.717, 1.165) is 11.1 Å². The third-order valence-electron chi connectivity index (χ3n) is 5.55. The van der Waals surface area contributed by atoms with Crippen molar-refractivity contribution in [3.8, 4) is 22.6 Å². The van der Waals surface area contributed by atoms with E-state index in [4.69, 9.17) is 0 Å². The second-order valence-corrected chi connectivity index (χ2v) is 6.93. The molecule has 0 spiro atoms. The summed E-state index contributed by atoms with van der Waals surface area (Å²) in [6.07, 6.45) is 0. The van der Waals surface area contributed by atoms with E-state index >= 15 is 0 Å². The van der Waals surface area contributed by atoms with Gasteiger partial charge in [0.1, 0.15) is 11.5 Å². The molecule has 0 heterocycles. The molecule has 2 nitrogen and oxygen atoms in total. The van der Waals surface area contributed by atoms with Crippen LogP contribution in [0.4, 0.5) is 0 Å². The number of hydrogen-bond acceptors (Lipinski definition) is 2. The fraction of sp³-hybridized carbons (Fsp3) is 0.0400. The van der Waals surface area contributed by atoms with Crippen LogP contribution in [-0.4, -0.2) is 61.6 Å². The summed E-state index contributed by atoms with van der Waals surface area (Å²) in [5.41, 5.74) is 6.54. The fourth-order valence-corrected chi connectivity index (χ4v) is 4.45. The van der Waals surface area contributed by atoms with E-state index in [1.54, 1.807) is 24.3 Å². The van der Waals surface area contributed by atoms with Crippen LogP contribution in [-0.2, 0) is 5.41 Å². The van der Waals surface area contributed by atoms with Crippen LogP contribution in [0.3, 0.4) is 0 Å². The summed E-state index contributed by atoms with van der Waals surface area (Å²) in [4.78, 5) is 0. The van der Waals surface area contributed by atoms with Gasteiger partial charge in [-0.1, -0.05) is 72.8 Å². The van der Waals surface area contributed by atoms with Crippen molar-refractivity contribution in [1.29, 1.82) is 0 Å². The molecule has 4 aromatic rings. The molecule has 5 rings (SSSR count). The van der Waals surface area contributed by atoms with Gasteiger partial charge in [0, 0.05) is 0 Å². The average molecular weight is 391 g/mol. The van der Waals surface area contributed by atoms with Gasteiger partial charge < -0.3 is 10.2 Å². The van der Waals surface area contributed by atoms with Crippen LogP contribution in [0, 0.1) is 0 Å². The molecule has 28 heavy (non-hydrogen) atoms. The van der Waals surface area contributed by atoms with Gasteiger partial charge in [-0.25, -0.2) is 0 Å². The van der Waals surface area contributed by atoms with E-state index in [0.29, 0.717) is 0 Å². The number of hydrogen-bond donors (Lipinski definition) is 2. The topological polar surface area (TPSA) is 40.5 Å². The third-order valence-corrected chi connectivity index (χ3v) is 5.55. The van der Waals surface area contributed by atoms with E-state index in [2.05, 4.69) is 48.5 Å². The Morgan fingerprint density at radius 3 is 1.21 bits per heavy atom. The Labute approximate surface area is 206 Å². The van der Waals surface area contributed by atoms with Gasteiger partial charge in [-0.3, -0.25) is 0 Å². The predicted molar refractivity (Wildman–Crippen MR) is 114 cm³/mol. The minimum atomic E-state index is -0.491. The van der Waals surface area contributed by atoms with E-state index in [1.807, 2.05) is 24.3 Å². The SMILES string of the molecule is Oc1ccc(C2(c3ccc(O)cc3)c3ccccc3-c3ccccc32)cc1.[KH]. The predicted octanol–water partition coefficient (Wildman–Crippen LogP) is 4.81. The van der Waals surface area contributed by atoms with Crippen LogP contribution in [0.25, 0.3) is 11.1 Å². The summed E-state index contributed by atoms with van der Waals surface area (Å²) in [7, 11) is 0. The van der Waals surface area contributed by atoms with Crippen LogP contribution in [0.5, 0.6) is 11.5 Å². The monoisotopic (exact) mass is 390 g/mol. The van der Waals surface area contributed by atoms with Gasteiger partial charge in [0.25, 0.3) is 0 Å². The van der Waals surface area contributed by atoms with Crippen LogP contribution in [0.2, 0.25) is 0 Å².